The lowest BCUT2D eigenvalue weighted by Crippen LogP contribution is -2.27. The Morgan fingerprint density at radius 3 is 2.53 bits per heavy atom. The molecule has 0 amide bonds. The molecule has 0 bridgehead atoms. The molecule has 17 heavy (non-hydrogen) atoms. The molecule has 0 fully saturated rings. The van der Waals surface area contributed by atoms with Crippen LogP contribution in [0.25, 0.3) is 0 Å². The van der Waals surface area contributed by atoms with Gasteiger partial charge in [-0.1, -0.05) is 19.1 Å². The van der Waals surface area contributed by atoms with Crippen molar-refractivity contribution in [1.29, 1.82) is 0 Å². The zero-order valence-corrected chi connectivity index (χ0v) is 11.1. The van der Waals surface area contributed by atoms with Gasteiger partial charge in [-0.15, -0.1) is 0 Å². The number of sulfone groups is 1. The third-order valence-electron chi connectivity index (χ3n) is 2.50. The topological polar surface area (TPSA) is 46.2 Å². The number of rotatable bonds is 5. The van der Waals surface area contributed by atoms with Crippen molar-refractivity contribution < 1.29 is 12.8 Å². The van der Waals surface area contributed by atoms with Gasteiger partial charge in [0.1, 0.15) is 15.7 Å². The smallest absolute Gasteiger partial charge is 0.149 e. The second-order valence-electron chi connectivity index (χ2n) is 4.21. The number of hydrogen-bond donors (Lipinski definition) is 1. The summed E-state index contributed by atoms with van der Waals surface area (Å²) in [4.78, 5) is 0. The molecule has 96 valence electrons. The first-order valence-electron chi connectivity index (χ1n) is 5.50. The summed E-state index contributed by atoms with van der Waals surface area (Å²) in [6.07, 6.45) is 1.20. The summed E-state index contributed by atoms with van der Waals surface area (Å²) < 4.78 is 35.8. The van der Waals surface area contributed by atoms with E-state index in [1.54, 1.807) is 19.1 Å². The minimum atomic E-state index is -3.07. The molecule has 0 radical (unpaired) electrons. The van der Waals surface area contributed by atoms with Crippen molar-refractivity contribution in [2.24, 2.45) is 0 Å². The van der Waals surface area contributed by atoms with E-state index >= 15 is 0 Å². The van der Waals surface area contributed by atoms with E-state index in [-0.39, 0.29) is 17.6 Å². The van der Waals surface area contributed by atoms with Crippen LogP contribution in [0.2, 0.25) is 0 Å². The number of aryl methyl sites for hydroxylation is 1. The van der Waals surface area contributed by atoms with Crippen molar-refractivity contribution in [3.63, 3.8) is 0 Å². The quantitative estimate of drug-likeness (QED) is 0.877. The van der Waals surface area contributed by atoms with Crippen molar-refractivity contribution >= 4 is 9.84 Å². The summed E-state index contributed by atoms with van der Waals surface area (Å²) in [5.74, 6) is -0.255. The van der Waals surface area contributed by atoms with Gasteiger partial charge in [0, 0.05) is 12.3 Å². The molecule has 0 heterocycles. The van der Waals surface area contributed by atoms with Crippen LogP contribution in [0.3, 0.4) is 0 Å². The lowest BCUT2D eigenvalue weighted by atomic mass is 10.1. The van der Waals surface area contributed by atoms with E-state index < -0.39 is 9.84 Å². The molecule has 1 aromatic carbocycles. The van der Waals surface area contributed by atoms with E-state index in [0.717, 1.165) is 5.56 Å². The predicted molar refractivity (Wildman–Crippen MR) is 67.3 cm³/mol. The zero-order valence-electron chi connectivity index (χ0n) is 10.3. The first-order valence-corrected chi connectivity index (χ1v) is 7.56. The van der Waals surface area contributed by atoms with Crippen molar-refractivity contribution in [2.75, 3.05) is 18.6 Å². The number of benzene rings is 1. The van der Waals surface area contributed by atoms with Crippen LogP contribution in [0.5, 0.6) is 0 Å². The fourth-order valence-electron chi connectivity index (χ4n) is 1.71. The maximum atomic E-state index is 13.1. The van der Waals surface area contributed by atoms with E-state index in [2.05, 4.69) is 5.32 Å². The van der Waals surface area contributed by atoms with E-state index in [1.807, 2.05) is 6.92 Å². The Morgan fingerprint density at radius 1 is 1.41 bits per heavy atom. The highest BCUT2D eigenvalue weighted by Gasteiger charge is 2.17. The van der Waals surface area contributed by atoms with Gasteiger partial charge in [0.25, 0.3) is 0 Å². The van der Waals surface area contributed by atoms with Crippen LogP contribution >= 0.6 is 0 Å². The first kappa shape index (κ1) is 14.1. The molecule has 1 N–H and O–H groups in total. The van der Waals surface area contributed by atoms with Crippen molar-refractivity contribution in [1.82, 2.24) is 5.32 Å². The Morgan fingerprint density at radius 2 is 2.06 bits per heavy atom. The fourth-order valence-corrected chi connectivity index (χ4v) is 2.62. The van der Waals surface area contributed by atoms with Gasteiger partial charge in [-0.05, 0) is 30.7 Å². The molecule has 0 aliphatic carbocycles. The maximum Gasteiger partial charge on any atom is 0.149 e. The molecule has 0 aliphatic rings. The second-order valence-corrected chi connectivity index (χ2v) is 6.40. The van der Waals surface area contributed by atoms with Gasteiger partial charge in [-0.25, -0.2) is 12.8 Å². The minimum absolute atomic E-state index is 0.0198. The average Bonchev–Trinajstić information content (AvgIpc) is 2.19. The van der Waals surface area contributed by atoms with Crippen LogP contribution in [0.15, 0.2) is 18.2 Å². The molecule has 0 aromatic heterocycles. The number of halogens is 1. The summed E-state index contributed by atoms with van der Waals surface area (Å²) in [5.41, 5.74) is 1.33. The average molecular weight is 259 g/mol. The van der Waals surface area contributed by atoms with Crippen molar-refractivity contribution in [3.8, 4) is 0 Å². The maximum absolute atomic E-state index is 13.1. The minimum Gasteiger partial charge on any atom is -0.309 e. The summed E-state index contributed by atoms with van der Waals surface area (Å²) >= 11 is 0. The Hall–Kier alpha value is -0.940. The molecular formula is C12H18FNO2S. The molecule has 3 nitrogen and oxygen atoms in total. The van der Waals surface area contributed by atoms with E-state index in [0.29, 0.717) is 12.1 Å². The fraction of sp³-hybridized carbons (Fsp3) is 0.500. The molecule has 1 aromatic rings. The van der Waals surface area contributed by atoms with Gasteiger partial charge in [-0.2, -0.15) is 0 Å². The Labute approximate surface area is 102 Å². The summed E-state index contributed by atoms with van der Waals surface area (Å²) in [7, 11) is -3.07. The standard InChI is InChI=1S/C12H18FNO2S/c1-4-14-12(8-17(3,15)16)10-5-6-11(13)9(2)7-10/h5-7,12,14H,4,8H2,1-3H3. The van der Waals surface area contributed by atoms with Crippen LogP contribution in [0, 0.1) is 12.7 Å². The first-order chi connectivity index (χ1) is 7.83. The van der Waals surface area contributed by atoms with Crippen LogP contribution in [-0.4, -0.2) is 27.0 Å². The van der Waals surface area contributed by atoms with Crippen molar-refractivity contribution in [3.05, 3.63) is 35.1 Å². The summed E-state index contributed by atoms with van der Waals surface area (Å²) in [6.45, 7) is 4.24. The highest BCUT2D eigenvalue weighted by atomic mass is 32.2. The Bertz CT molecular complexity index is 485. The van der Waals surface area contributed by atoms with Gasteiger partial charge in [0.15, 0.2) is 0 Å². The molecule has 5 heteroatoms. The van der Waals surface area contributed by atoms with E-state index in [1.165, 1.54) is 12.3 Å². The molecule has 1 unspecified atom stereocenters. The summed E-state index contributed by atoms with van der Waals surface area (Å²) in [5, 5.41) is 3.10. The second kappa shape index (κ2) is 5.60. The molecule has 1 rings (SSSR count). The van der Waals surface area contributed by atoms with Crippen LogP contribution in [-0.2, 0) is 9.84 Å². The van der Waals surface area contributed by atoms with E-state index in [9.17, 15) is 12.8 Å². The number of nitrogens with one attached hydrogen (secondary N) is 1. The van der Waals surface area contributed by atoms with Gasteiger partial charge in [0.2, 0.25) is 0 Å². The molecule has 0 spiro atoms. The highest BCUT2D eigenvalue weighted by molar-refractivity contribution is 7.90. The number of hydrogen-bond acceptors (Lipinski definition) is 3. The van der Waals surface area contributed by atoms with E-state index in [4.69, 9.17) is 0 Å². The highest BCUT2D eigenvalue weighted by Crippen LogP contribution is 2.18. The Kier molecular flexibility index (Phi) is 4.65. The van der Waals surface area contributed by atoms with Crippen LogP contribution < -0.4 is 5.32 Å². The SMILES string of the molecule is CCNC(CS(C)(=O)=O)c1ccc(F)c(C)c1. The van der Waals surface area contributed by atoms with Gasteiger partial charge in [-0.3, -0.25) is 0 Å². The monoisotopic (exact) mass is 259 g/mol. The lowest BCUT2D eigenvalue weighted by Gasteiger charge is -2.18. The van der Waals surface area contributed by atoms with Gasteiger partial charge in [0.05, 0.1) is 5.75 Å². The van der Waals surface area contributed by atoms with Crippen LogP contribution in [0.4, 0.5) is 4.39 Å². The zero-order chi connectivity index (χ0) is 13.1. The van der Waals surface area contributed by atoms with Gasteiger partial charge >= 0.3 is 0 Å². The summed E-state index contributed by atoms with van der Waals surface area (Å²) in [6, 6.07) is 4.40. The van der Waals surface area contributed by atoms with Crippen LogP contribution in [0.1, 0.15) is 24.1 Å². The normalized spacial score (nSPS) is 13.6. The molecule has 0 saturated carbocycles. The van der Waals surface area contributed by atoms with Crippen molar-refractivity contribution in [2.45, 2.75) is 19.9 Å². The lowest BCUT2D eigenvalue weighted by molar-refractivity contribution is 0.561. The largest absolute Gasteiger partial charge is 0.309 e. The molecular weight excluding hydrogens is 241 g/mol. The molecule has 1 atom stereocenters. The third-order valence-corrected chi connectivity index (χ3v) is 3.44. The molecule has 0 saturated heterocycles. The molecule has 0 aliphatic heterocycles. The predicted octanol–water partition coefficient (Wildman–Crippen LogP) is 1.83. The third kappa shape index (κ3) is 4.44. The van der Waals surface area contributed by atoms with Gasteiger partial charge < -0.3 is 5.32 Å². The Balaban J connectivity index is 3.01.